The Hall–Kier alpha value is -1.22. The first-order valence-corrected chi connectivity index (χ1v) is 3.98. The van der Waals surface area contributed by atoms with Crippen LogP contribution in [0, 0.1) is 0 Å². The fourth-order valence-electron chi connectivity index (χ4n) is 0.929. The van der Waals surface area contributed by atoms with Crippen LogP contribution in [0.3, 0.4) is 0 Å². The molecule has 0 saturated heterocycles. The van der Waals surface area contributed by atoms with E-state index in [1.165, 1.54) is 0 Å². The van der Waals surface area contributed by atoms with Crippen molar-refractivity contribution in [2.24, 2.45) is 5.73 Å². The maximum Gasteiger partial charge on any atom is 0.144 e. The van der Waals surface area contributed by atoms with Gasteiger partial charge < -0.3 is 5.73 Å². The van der Waals surface area contributed by atoms with Gasteiger partial charge in [-0.05, 0) is 18.9 Å². The molecule has 1 aromatic rings. The van der Waals surface area contributed by atoms with E-state index in [-0.39, 0.29) is 6.04 Å². The summed E-state index contributed by atoms with van der Waals surface area (Å²) >= 11 is 0. The number of hydrogen-bond donors (Lipinski definition) is 1. The first kappa shape index (κ1) is 8.87. The van der Waals surface area contributed by atoms with Crippen LogP contribution in [0.1, 0.15) is 24.7 Å². The van der Waals surface area contributed by atoms with Gasteiger partial charge in [0.2, 0.25) is 0 Å². The molecule has 2 N–H and O–H groups in total. The van der Waals surface area contributed by atoms with Crippen LogP contribution in [0.15, 0.2) is 31.1 Å². The molecule has 3 nitrogen and oxygen atoms in total. The topological polar surface area (TPSA) is 51.8 Å². The summed E-state index contributed by atoms with van der Waals surface area (Å²) in [6.07, 6.45) is 7.02. The number of aromatic nitrogens is 2. The van der Waals surface area contributed by atoms with Crippen LogP contribution >= 0.6 is 0 Å². The summed E-state index contributed by atoms with van der Waals surface area (Å²) in [5.74, 6) is 0.708. The minimum Gasteiger partial charge on any atom is -0.321 e. The van der Waals surface area contributed by atoms with Crippen LogP contribution in [-0.4, -0.2) is 9.97 Å². The maximum atomic E-state index is 5.81. The van der Waals surface area contributed by atoms with Gasteiger partial charge in [0.1, 0.15) is 5.82 Å². The van der Waals surface area contributed by atoms with E-state index in [1.54, 1.807) is 18.5 Å². The molecular formula is C9H13N3. The summed E-state index contributed by atoms with van der Waals surface area (Å²) < 4.78 is 0. The van der Waals surface area contributed by atoms with Gasteiger partial charge in [-0.3, -0.25) is 0 Å². The van der Waals surface area contributed by atoms with Crippen LogP contribution in [0.5, 0.6) is 0 Å². The van der Waals surface area contributed by atoms with Crippen molar-refractivity contribution in [2.45, 2.75) is 18.9 Å². The predicted molar refractivity (Wildman–Crippen MR) is 48.4 cm³/mol. The quantitative estimate of drug-likeness (QED) is 0.683. The molecule has 1 rings (SSSR count). The van der Waals surface area contributed by atoms with Crippen molar-refractivity contribution in [1.29, 1.82) is 0 Å². The fourth-order valence-corrected chi connectivity index (χ4v) is 0.929. The van der Waals surface area contributed by atoms with Gasteiger partial charge in [0, 0.05) is 12.4 Å². The molecule has 0 amide bonds. The molecule has 1 heterocycles. The van der Waals surface area contributed by atoms with E-state index in [9.17, 15) is 0 Å². The van der Waals surface area contributed by atoms with Gasteiger partial charge in [0.25, 0.3) is 0 Å². The Morgan fingerprint density at radius 3 is 2.75 bits per heavy atom. The lowest BCUT2D eigenvalue weighted by molar-refractivity contribution is 0.619. The molecule has 0 aliphatic rings. The van der Waals surface area contributed by atoms with Crippen molar-refractivity contribution in [3.63, 3.8) is 0 Å². The first-order valence-electron chi connectivity index (χ1n) is 3.98. The van der Waals surface area contributed by atoms with Crippen LogP contribution < -0.4 is 5.73 Å². The molecule has 0 bridgehead atoms. The van der Waals surface area contributed by atoms with E-state index in [2.05, 4.69) is 16.5 Å². The molecule has 1 unspecified atom stereocenters. The molecule has 64 valence electrons. The van der Waals surface area contributed by atoms with E-state index >= 15 is 0 Å². The molecule has 0 saturated carbocycles. The Kier molecular flexibility index (Phi) is 3.41. The van der Waals surface area contributed by atoms with Crippen molar-refractivity contribution in [2.75, 3.05) is 0 Å². The Balaban J connectivity index is 2.53. The molecule has 0 aliphatic heterocycles. The van der Waals surface area contributed by atoms with Crippen molar-refractivity contribution < 1.29 is 0 Å². The summed E-state index contributed by atoms with van der Waals surface area (Å²) in [7, 11) is 0. The third-order valence-corrected chi connectivity index (χ3v) is 1.60. The van der Waals surface area contributed by atoms with Crippen molar-refractivity contribution in [3.05, 3.63) is 36.9 Å². The summed E-state index contributed by atoms with van der Waals surface area (Å²) in [5, 5.41) is 0. The summed E-state index contributed by atoms with van der Waals surface area (Å²) in [6.45, 7) is 3.63. The second-order valence-electron chi connectivity index (χ2n) is 2.58. The molecule has 0 fully saturated rings. The monoisotopic (exact) mass is 163 g/mol. The molecule has 3 heteroatoms. The van der Waals surface area contributed by atoms with Crippen LogP contribution in [-0.2, 0) is 0 Å². The highest BCUT2D eigenvalue weighted by Crippen LogP contribution is 2.09. The summed E-state index contributed by atoms with van der Waals surface area (Å²) in [4.78, 5) is 8.12. The Morgan fingerprint density at radius 1 is 1.50 bits per heavy atom. The number of allylic oxidation sites excluding steroid dienone is 1. The van der Waals surface area contributed by atoms with Crippen molar-refractivity contribution >= 4 is 0 Å². The lowest BCUT2D eigenvalue weighted by atomic mass is 10.1. The normalized spacial score (nSPS) is 12.4. The Bertz CT molecular complexity index is 233. The highest BCUT2D eigenvalue weighted by atomic mass is 14.9. The van der Waals surface area contributed by atoms with Gasteiger partial charge in [0.15, 0.2) is 0 Å². The van der Waals surface area contributed by atoms with Gasteiger partial charge in [-0.1, -0.05) is 6.08 Å². The summed E-state index contributed by atoms with van der Waals surface area (Å²) in [6, 6.07) is 1.72. The van der Waals surface area contributed by atoms with Gasteiger partial charge in [-0.15, -0.1) is 6.58 Å². The average Bonchev–Trinajstić information content (AvgIpc) is 2.15. The molecule has 1 aromatic heterocycles. The molecule has 1 atom stereocenters. The third kappa shape index (κ3) is 2.43. The van der Waals surface area contributed by atoms with E-state index in [1.807, 2.05) is 6.08 Å². The Morgan fingerprint density at radius 2 is 2.17 bits per heavy atom. The summed E-state index contributed by atoms with van der Waals surface area (Å²) in [5.41, 5.74) is 5.81. The molecule has 12 heavy (non-hydrogen) atoms. The van der Waals surface area contributed by atoms with Gasteiger partial charge in [0.05, 0.1) is 6.04 Å². The Labute approximate surface area is 72.3 Å². The highest BCUT2D eigenvalue weighted by molar-refractivity contribution is 4.94. The van der Waals surface area contributed by atoms with Crippen molar-refractivity contribution in [1.82, 2.24) is 9.97 Å². The molecule has 0 spiro atoms. The van der Waals surface area contributed by atoms with Gasteiger partial charge in [-0.25, -0.2) is 9.97 Å². The minimum absolute atomic E-state index is 0.0656. The zero-order chi connectivity index (χ0) is 8.81. The van der Waals surface area contributed by atoms with Crippen LogP contribution in [0.4, 0.5) is 0 Å². The standard InChI is InChI=1S/C9H13N3/c1-2-3-5-8(10)9-11-6-4-7-12-9/h2,4,6-8H,1,3,5,10H2. The zero-order valence-corrected chi connectivity index (χ0v) is 6.98. The minimum atomic E-state index is -0.0656. The predicted octanol–water partition coefficient (Wildman–Crippen LogP) is 1.44. The molecule has 0 aromatic carbocycles. The smallest absolute Gasteiger partial charge is 0.144 e. The molecular weight excluding hydrogens is 150 g/mol. The van der Waals surface area contributed by atoms with E-state index < -0.39 is 0 Å². The highest BCUT2D eigenvalue weighted by Gasteiger charge is 2.05. The van der Waals surface area contributed by atoms with E-state index in [4.69, 9.17) is 5.73 Å². The lowest BCUT2D eigenvalue weighted by Gasteiger charge is -2.06. The first-order chi connectivity index (χ1) is 5.84. The van der Waals surface area contributed by atoms with Gasteiger partial charge in [-0.2, -0.15) is 0 Å². The lowest BCUT2D eigenvalue weighted by Crippen LogP contribution is -2.13. The van der Waals surface area contributed by atoms with Crippen LogP contribution in [0.25, 0.3) is 0 Å². The SMILES string of the molecule is C=CCCC(N)c1ncccn1. The zero-order valence-electron chi connectivity index (χ0n) is 6.98. The van der Waals surface area contributed by atoms with E-state index in [0.717, 1.165) is 12.8 Å². The second-order valence-corrected chi connectivity index (χ2v) is 2.58. The van der Waals surface area contributed by atoms with Crippen molar-refractivity contribution in [3.8, 4) is 0 Å². The average molecular weight is 163 g/mol. The van der Waals surface area contributed by atoms with E-state index in [0.29, 0.717) is 5.82 Å². The second kappa shape index (κ2) is 4.62. The molecule has 0 aliphatic carbocycles. The number of rotatable bonds is 4. The molecule has 0 radical (unpaired) electrons. The largest absolute Gasteiger partial charge is 0.321 e. The van der Waals surface area contributed by atoms with Crippen LogP contribution in [0.2, 0.25) is 0 Å². The number of nitrogens with two attached hydrogens (primary N) is 1. The van der Waals surface area contributed by atoms with Gasteiger partial charge >= 0.3 is 0 Å². The fraction of sp³-hybridized carbons (Fsp3) is 0.333. The number of nitrogens with zero attached hydrogens (tertiary/aromatic N) is 2. The number of hydrogen-bond acceptors (Lipinski definition) is 3. The maximum absolute atomic E-state index is 5.81. The third-order valence-electron chi connectivity index (χ3n) is 1.60.